The molecular formula is C11H8Br2ClN5O. The highest BCUT2D eigenvalue weighted by Crippen LogP contribution is 2.34. The number of amides is 1. The molecule has 0 spiro atoms. The number of halogens is 3. The fourth-order valence-corrected chi connectivity index (χ4v) is 3.24. The Hall–Kier alpha value is -1.22. The number of benzene rings is 1. The number of nitrogens with zero attached hydrogens (tertiary/aromatic N) is 2. The van der Waals surface area contributed by atoms with Crippen molar-refractivity contribution in [2.24, 2.45) is 5.84 Å². The van der Waals surface area contributed by atoms with Crippen molar-refractivity contribution in [1.29, 1.82) is 0 Å². The molecular weight excluding hydrogens is 413 g/mol. The molecule has 0 atom stereocenters. The van der Waals surface area contributed by atoms with E-state index in [-0.39, 0.29) is 5.69 Å². The summed E-state index contributed by atoms with van der Waals surface area (Å²) in [6.45, 7) is 0. The van der Waals surface area contributed by atoms with Crippen LogP contribution in [0.3, 0.4) is 0 Å². The molecule has 1 amide bonds. The monoisotopic (exact) mass is 419 g/mol. The number of nitrogens with two attached hydrogens (primary N) is 1. The van der Waals surface area contributed by atoms with Gasteiger partial charge >= 0.3 is 0 Å². The molecule has 2 aromatic rings. The van der Waals surface area contributed by atoms with Crippen LogP contribution in [-0.2, 0) is 0 Å². The van der Waals surface area contributed by atoms with Crippen LogP contribution >= 0.6 is 43.5 Å². The van der Waals surface area contributed by atoms with E-state index < -0.39 is 5.91 Å². The van der Waals surface area contributed by atoms with E-state index in [0.29, 0.717) is 25.5 Å². The summed E-state index contributed by atoms with van der Waals surface area (Å²) in [5.41, 5.74) is 3.05. The lowest BCUT2D eigenvalue weighted by Gasteiger charge is -2.09. The number of aromatic nitrogens is 2. The minimum absolute atomic E-state index is 0.165. The van der Waals surface area contributed by atoms with Gasteiger partial charge in [-0.2, -0.15) is 0 Å². The van der Waals surface area contributed by atoms with Gasteiger partial charge in [0.1, 0.15) is 0 Å². The van der Waals surface area contributed by atoms with Gasteiger partial charge in [0.2, 0.25) is 0 Å². The summed E-state index contributed by atoms with van der Waals surface area (Å²) in [5.74, 6) is 5.15. The van der Waals surface area contributed by atoms with Crippen LogP contribution in [-0.4, -0.2) is 16.1 Å². The van der Waals surface area contributed by atoms with E-state index in [4.69, 9.17) is 17.4 Å². The third-order valence-electron chi connectivity index (χ3n) is 2.29. The van der Waals surface area contributed by atoms with Crippen LogP contribution in [0, 0.1) is 0 Å². The Balaban J connectivity index is 2.23. The van der Waals surface area contributed by atoms with Crippen LogP contribution in [0.25, 0.3) is 0 Å². The Bertz CT molecular complexity index is 627. The van der Waals surface area contributed by atoms with Crippen molar-refractivity contribution in [3.8, 4) is 0 Å². The van der Waals surface area contributed by atoms with E-state index in [2.05, 4.69) is 52.8 Å². The van der Waals surface area contributed by atoms with E-state index in [1.807, 2.05) is 0 Å². The van der Waals surface area contributed by atoms with E-state index in [1.54, 1.807) is 18.2 Å². The molecule has 6 nitrogen and oxygen atoms in total. The van der Waals surface area contributed by atoms with Gasteiger partial charge in [-0.3, -0.25) is 4.79 Å². The van der Waals surface area contributed by atoms with Crippen molar-refractivity contribution >= 4 is 60.9 Å². The van der Waals surface area contributed by atoms with Gasteiger partial charge in [0.05, 0.1) is 5.69 Å². The van der Waals surface area contributed by atoms with Crippen molar-refractivity contribution in [3.63, 3.8) is 0 Å². The number of anilines is 2. The zero-order valence-electron chi connectivity index (χ0n) is 9.82. The lowest BCUT2D eigenvalue weighted by Crippen LogP contribution is -2.16. The molecule has 20 heavy (non-hydrogen) atoms. The SMILES string of the molecule is NNc1ccc(C(=O)Nc2c(Br)cc(Cl)cc2Br)nn1. The Morgan fingerprint density at radius 1 is 1.20 bits per heavy atom. The number of rotatable bonds is 3. The molecule has 2 rings (SSSR count). The predicted molar refractivity (Wildman–Crippen MR) is 84.6 cm³/mol. The van der Waals surface area contributed by atoms with Crippen LogP contribution in [0.15, 0.2) is 33.2 Å². The zero-order chi connectivity index (χ0) is 14.7. The van der Waals surface area contributed by atoms with Crippen LogP contribution in [0.2, 0.25) is 5.02 Å². The van der Waals surface area contributed by atoms with Crippen LogP contribution in [0.5, 0.6) is 0 Å². The summed E-state index contributed by atoms with van der Waals surface area (Å²) in [6, 6.07) is 6.41. The average Bonchev–Trinajstić information content (AvgIpc) is 2.42. The van der Waals surface area contributed by atoms with E-state index in [0.717, 1.165) is 0 Å². The first-order chi connectivity index (χ1) is 9.51. The Labute approximate surface area is 136 Å². The number of hydrogen-bond acceptors (Lipinski definition) is 5. The summed E-state index contributed by atoms with van der Waals surface area (Å²) >= 11 is 12.6. The topological polar surface area (TPSA) is 92.9 Å². The largest absolute Gasteiger partial charge is 0.319 e. The molecule has 0 aliphatic carbocycles. The highest BCUT2D eigenvalue weighted by molar-refractivity contribution is 9.11. The first-order valence-electron chi connectivity index (χ1n) is 5.27. The van der Waals surface area contributed by atoms with E-state index >= 15 is 0 Å². The molecule has 0 aliphatic rings. The Morgan fingerprint density at radius 2 is 1.85 bits per heavy atom. The first-order valence-corrected chi connectivity index (χ1v) is 7.24. The number of nitrogens with one attached hydrogen (secondary N) is 2. The highest BCUT2D eigenvalue weighted by Gasteiger charge is 2.13. The number of nitrogen functional groups attached to an aromatic ring is 1. The highest BCUT2D eigenvalue weighted by atomic mass is 79.9. The summed E-state index contributed by atoms with van der Waals surface area (Å²) in [7, 11) is 0. The molecule has 1 heterocycles. The van der Waals surface area contributed by atoms with Gasteiger partial charge in [-0.1, -0.05) is 11.6 Å². The van der Waals surface area contributed by atoms with Crippen LogP contribution in [0.4, 0.5) is 11.5 Å². The normalized spacial score (nSPS) is 10.2. The first kappa shape index (κ1) is 15.2. The average molecular weight is 421 g/mol. The van der Waals surface area contributed by atoms with Crippen LogP contribution in [0.1, 0.15) is 10.5 Å². The zero-order valence-corrected chi connectivity index (χ0v) is 13.8. The van der Waals surface area contributed by atoms with Crippen molar-refractivity contribution in [2.75, 3.05) is 10.7 Å². The number of hydrazine groups is 1. The second kappa shape index (κ2) is 6.49. The van der Waals surface area contributed by atoms with Gasteiger partial charge in [-0.15, -0.1) is 10.2 Å². The minimum atomic E-state index is -0.398. The molecule has 0 bridgehead atoms. The molecule has 0 saturated heterocycles. The van der Waals surface area contributed by atoms with Gasteiger partial charge in [-0.25, -0.2) is 5.84 Å². The molecule has 1 aromatic heterocycles. The standard InChI is InChI=1S/C11H8Br2ClN5O/c12-6-3-5(14)4-7(13)10(6)16-11(20)8-1-2-9(17-15)19-18-8/h1-4H,15H2,(H,16,20)(H,17,19). The van der Waals surface area contributed by atoms with Gasteiger partial charge in [0, 0.05) is 14.0 Å². The van der Waals surface area contributed by atoms with Gasteiger partial charge in [0.25, 0.3) is 5.91 Å². The minimum Gasteiger partial charge on any atom is -0.319 e. The molecule has 9 heteroatoms. The van der Waals surface area contributed by atoms with Gasteiger partial charge < -0.3 is 10.7 Å². The molecule has 0 saturated carbocycles. The summed E-state index contributed by atoms with van der Waals surface area (Å²) < 4.78 is 1.30. The molecule has 0 aliphatic heterocycles. The maximum Gasteiger partial charge on any atom is 0.276 e. The molecule has 1 aromatic carbocycles. The van der Waals surface area contributed by atoms with E-state index in [1.165, 1.54) is 6.07 Å². The summed E-state index contributed by atoms with van der Waals surface area (Å²) in [4.78, 5) is 12.1. The lowest BCUT2D eigenvalue weighted by molar-refractivity contribution is 0.102. The summed E-state index contributed by atoms with van der Waals surface area (Å²) in [5, 5.41) is 10.7. The second-order valence-electron chi connectivity index (χ2n) is 3.65. The van der Waals surface area contributed by atoms with Gasteiger partial charge in [0.15, 0.2) is 11.5 Å². The third kappa shape index (κ3) is 3.45. The smallest absolute Gasteiger partial charge is 0.276 e. The van der Waals surface area contributed by atoms with Crippen molar-refractivity contribution in [3.05, 3.63) is 43.9 Å². The summed E-state index contributed by atoms with van der Waals surface area (Å²) in [6.07, 6.45) is 0. The second-order valence-corrected chi connectivity index (χ2v) is 5.79. The fourth-order valence-electron chi connectivity index (χ4n) is 1.37. The lowest BCUT2D eigenvalue weighted by atomic mass is 10.3. The van der Waals surface area contributed by atoms with E-state index in [9.17, 15) is 4.79 Å². The Morgan fingerprint density at radius 3 is 2.35 bits per heavy atom. The maximum atomic E-state index is 12.1. The van der Waals surface area contributed by atoms with Crippen LogP contribution < -0.4 is 16.6 Å². The molecule has 4 N–H and O–H groups in total. The number of carbonyl (C=O) groups excluding carboxylic acids is 1. The Kier molecular flexibility index (Phi) is 4.92. The molecule has 0 radical (unpaired) electrons. The molecule has 104 valence electrons. The molecule has 0 unspecified atom stereocenters. The fraction of sp³-hybridized carbons (Fsp3) is 0. The number of hydrogen-bond donors (Lipinski definition) is 3. The molecule has 0 fully saturated rings. The maximum absolute atomic E-state index is 12.1. The predicted octanol–water partition coefficient (Wildman–Crippen LogP) is 3.19. The quantitative estimate of drug-likeness (QED) is 0.523. The van der Waals surface area contributed by atoms with Crippen molar-refractivity contribution < 1.29 is 4.79 Å². The van der Waals surface area contributed by atoms with Crippen molar-refractivity contribution in [1.82, 2.24) is 10.2 Å². The van der Waals surface area contributed by atoms with Crippen molar-refractivity contribution in [2.45, 2.75) is 0 Å². The number of carbonyl (C=O) groups is 1. The van der Waals surface area contributed by atoms with Gasteiger partial charge in [-0.05, 0) is 56.1 Å². The third-order valence-corrected chi connectivity index (χ3v) is 3.76.